The molecule has 0 aliphatic rings. The molecule has 0 aromatic rings. The third-order valence-corrected chi connectivity index (χ3v) is 4.17. The first-order valence-electron chi connectivity index (χ1n) is 9.09. The normalized spacial score (nSPS) is 10.5. The minimum absolute atomic E-state index is 1.07. The molecule has 1 nitrogen and oxygen atoms in total. The van der Waals surface area contributed by atoms with E-state index in [2.05, 4.69) is 45.2 Å². The second-order valence-electron chi connectivity index (χ2n) is 5.53. The quantitative estimate of drug-likeness (QED) is 0.314. The molecule has 0 saturated heterocycles. The second kappa shape index (κ2) is 21.6. The van der Waals surface area contributed by atoms with Crippen LogP contribution in [-0.2, 0) is 0 Å². The van der Waals surface area contributed by atoms with Crippen LogP contribution in [0.15, 0.2) is 0 Å². The van der Waals surface area contributed by atoms with E-state index in [1.54, 1.807) is 0 Å². The second-order valence-corrected chi connectivity index (χ2v) is 5.97. The lowest BCUT2D eigenvalue weighted by Crippen LogP contribution is -2.21. The van der Waals surface area contributed by atoms with Gasteiger partial charge in [-0.05, 0) is 31.8 Å². The first kappa shape index (κ1) is 22.6. The standard InChI is InChI=1S/C12H26S.C6H15N/c1-2-3-4-5-6-7-8-9-10-11-12-13;1-4-7(5-2)6-3/h13H,2-12H2,1H3;4-6H2,1-3H3. The Morgan fingerprint density at radius 1 is 0.550 bits per heavy atom. The van der Waals surface area contributed by atoms with Gasteiger partial charge in [0.05, 0.1) is 0 Å². The Balaban J connectivity index is 0. The Labute approximate surface area is 135 Å². The molecule has 2 heteroatoms. The molecule has 0 fully saturated rings. The maximum absolute atomic E-state index is 4.20. The van der Waals surface area contributed by atoms with Crippen molar-refractivity contribution in [1.29, 1.82) is 0 Å². The summed E-state index contributed by atoms with van der Waals surface area (Å²) in [7, 11) is 0. The van der Waals surface area contributed by atoms with E-state index in [-0.39, 0.29) is 0 Å². The van der Waals surface area contributed by atoms with E-state index in [1.807, 2.05) is 0 Å². The molecule has 0 aromatic carbocycles. The van der Waals surface area contributed by atoms with E-state index >= 15 is 0 Å². The van der Waals surface area contributed by atoms with Gasteiger partial charge in [-0.15, -0.1) is 0 Å². The highest BCUT2D eigenvalue weighted by Gasteiger charge is 1.91. The molecule has 0 spiro atoms. The molecule has 0 saturated carbocycles. The maximum atomic E-state index is 4.20. The highest BCUT2D eigenvalue weighted by atomic mass is 32.1. The molecule has 0 bridgehead atoms. The highest BCUT2D eigenvalue weighted by molar-refractivity contribution is 7.80. The predicted molar refractivity (Wildman–Crippen MR) is 99.2 cm³/mol. The Hall–Kier alpha value is 0.310. The van der Waals surface area contributed by atoms with Crippen LogP contribution in [0.2, 0.25) is 0 Å². The van der Waals surface area contributed by atoms with Gasteiger partial charge in [0.2, 0.25) is 0 Å². The van der Waals surface area contributed by atoms with Crippen LogP contribution in [0.4, 0.5) is 0 Å². The Bertz CT molecular complexity index is 131. The van der Waals surface area contributed by atoms with Gasteiger partial charge in [-0.1, -0.05) is 85.5 Å². The van der Waals surface area contributed by atoms with Gasteiger partial charge in [0.25, 0.3) is 0 Å². The highest BCUT2D eigenvalue weighted by Crippen LogP contribution is 2.10. The number of hydrogen-bond donors (Lipinski definition) is 1. The van der Waals surface area contributed by atoms with E-state index in [0.717, 1.165) is 5.75 Å². The molecule has 0 aliphatic heterocycles. The van der Waals surface area contributed by atoms with Crippen molar-refractivity contribution < 1.29 is 0 Å². The van der Waals surface area contributed by atoms with Crippen LogP contribution in [0.25, 0.3) is 0 Å². The van der Waals surface area contributed by atoms with E-state index < -0.39 is 0 Å². The zero-order valence-electron chi connectivity index (χ0n) is 14.8. The minimum Gasteiger partial charge on any atom is -0.304 e. The van der Waals surface area contributed by atoms with Crippen LogP contribution < -0.4 is 0 Å². The molecule has 0 aliphatic carbocycles. The summed E-state index contributed by atoms with van der Waals surface area (Å²) in [6.07, 6.45) is 14.2. The summed E-state index contributed by atoms with van der Waals surface area (Å²) in [5.41, 5.74) is 0. The minimum atomic E-state index is 1.07. The van der Waals surface area contributed by atoms with Gasteiger partial charge >= 0.3 is 0 Å². The Morgan fingerprint density at radius 2 is 0.900 bits per heavy atom. The molecule has 124 valence electrons. The molecule has 0 N–H and O–H groups in total. The fourth-order valence-electron chi connectivity index (χ4n) is 2.27. The average molecular weight is 304 g/mol. The first-order valence-corrected chi connectivity index (χ1v) is 9.73. The largest absolute Gasteiger partial charge is 0.304 e. The van der Waals surface area contributed by atoms with Gasteiger partial charge in [-0.2, -0.15) is 12.6 Å². The fourth-order valence-corrected chi connectivity index (χ4v) is 2.49. The topological polar surface area (TPSA) is 3.24 Å². The van der Waals surface area contributed by atoms with Gasteiger partial charge in [0, 0.05) is 0 Å². The number of thiol groups is 1. The van der Waals surface area contributed by atoms with E-state index in [4.69, 9.17) is 0 Å². The van der Waals surface area contributed by atoms with Crippen LogP contribution in [0.1, 0.15) is 91.9 Å². The molecule has 0 heterocycles. The summed E-state index contributed by atoms with van der Waals surface area (Å²) in [5, 5.41) is 0. The third kappa shape index (κ3) is 20.6. The van der Waals surface area contributed by atoms with E-state index in [1.165, 1.54) is 83.8 Å². The van der Waals surface area contributed by atoms with Gasteiger partial charge in [0.15, 0.2) is 0 Å². The summed E-state index contributed by atoms with van der Waals surface area (Å²) in [5.74, 6) is 1.07. The monoisotopic (exact) mass is 303 g/mol. The molecule has 0 unspecified atom stereocenters. The molecule has 0 aromatic heterocycles. The van der Waals surface area contributed by atoms with Crippen molar-refractivity contribution in [3.63, 3.8) is 0 Å². The summed E-state index contributed by atoms with van der Waals surface area (Å²) in [6.45, 7) is 12.4. The molecule has 20 heavy (non-hydrogen) atoms. The van der Waals surface area contributed by atoms with E-state index in [9.17, 15) is 0 Å². The van der Waals surface area contributed by atoms with Crippen LogP contribution in [0.5, 0.6) is 0 Å². The summed E-state index contributed by atoms with van der Waals surface area (Å²) in [6, 6.07) is 0. The molecule has 0 radical (unpaired) electrons. The lowest BCUT2D eigenvalue weighted by atomic mass is 10.1. The number of rotatable bonds is 13. The number of nitrogens with zero attached hydrogens (tertiary/aromatic N) is 1. The van der Waals surface area contributed by atoms with Crippen LogP contribution >= 0.6 is 12.6 Å². The van der Waals surface area contributed by atoms with Gasteiger partial charge in [-0.25, -0.2) is 0 Å². The van der Waals surface area contributed by atoms with Crippen molar-refractivity contribution in [2.75, 3.05) is 25.4 Å². The van der Waals surface area contributed by atoms with Crippen molar-refractivity contribution in [3.05, 3.63) is 0 Å². The van der Waals surface area contributed by atoms with Crippen molar-refractivity contribution in [2.45, 2.75) is 91.9 Å². The number of hydrogen-bond acceptors (Lipinski definition) is 2. The van der Waals surface area contributed by atoms with Crippen molar-refractivity contribution in [2.24, 2.45) is 0 Å². The van der Waals surface area contributed by atoms with Crippen molar-refractivity contribution in [3.8, 4) is 0 Å². The maximum Gasteiger partial charge on any atom is -0.00474 e. The van der Waals surface area contributed by atoms with Gasteiger partial charge < -0.3 is 4.90 Å². The third-order valence-electron chi connectivity index (χ3n) is 3.85. The summed E-state index contributed by atoms with van der Waals surface area (Å²) < 4.78 is 0. The summed E-state index contributed by atoms with van der Waals surface area (Å²) in [4.78, 5) is 2.38. The lowest BCUT2D eigenvalue weighted by molar-refractivity contribution is 0.321. The molecule has 0 atom stereocenters. The molecular weight excluding hydrogens is 262 g/mol. The van der Waals surface area contributed by atoms with Crippen LogP contribution in [-0.4, -0.2) is 30.3 Å². The number of unbranched alkanes of at least 4 members (excludes halogenated alkanes) is 9. The molecular formula is C18H41NS. The Kier molecular flexibility index (Phi) is 24.4. The fraction of sp³-hybridized carbons (Fsp3) is 1.00. The van der Waals surface area contributed by atoms with E-state index in [0.29, 0.717) is 0 Å². The van der Waals surface area contributed by atoms with Crippen molar-refractivity contribution >= 4 is 12.6 Å². The average Bonchev–Trinajstić information content (AvgIpc) is 2.48. The predicted octanol–water partition coefficient (Wildman–Crippen LogP) is 6.19. The van der Waals surface area contributed by atoms with Gasteiger partial charge in [-0.3, -0.25) is 0 Å². The zero-order valence-corrected chi connectivity index (χ0v) is 15.7. The summed E-state index contributed by atoms with van der Waals surface area (Å²) >= 11 is 4.20. The van der Waals surface area contributed by atoms with Gasteiger partial charge in [0.1, 0.15) is 0 Å². The van der Waals surface area contributed by atoms with Crippen LogP contribution in [0, 0.1) is 0 Å². The molecule has 0 rings (SSSR count). The smallest absolute Gasteiger partial charge is 0.00474 e. The molecule has 0 amide bonds. The SMILES string of the molecule is CCCCCCCCCCCCS.CCN(CC)CC. The Morgan fingerprint density at radius 3 is 1.15 bits per heavy atom. The lowest BCUT2D eigenvalue weighted by Gasteiger charge is -2.13. The first-order chi connectivity index (χ1) is 9.76. The van der Waals surface area contributed by atoms with Crippen LogP contribution in [0.3, 0.4) is 0 Å². The van der Waals surface area contributed by atoms with Crippen molar-refractivity contribution in [1.82, 2.24) is 4.90 Å². The zero-order chi connectivity index (χ0) is 15.5.